The summed E-state index contributed by atoms with van der Waals surface area (Å²) in [5.74, 6) is 0. The van der Waals surface area contributed by atoms with Crippen LogP contribution in [0.3, 0.4) is 0 Å². The number of aromatic nitrogens is 1. The molecular weight excluding hydrogens is 374 g/mol. The molecule has 31 heavy (non-hydrogen) atoms. The van der Waals surface area contributed by atoms with Gasteiger partial charge in [-0.15, -0.1) is 0 Å². The number of fused-ring (bicyclic) bond motifs is 4. The van der Waals surface area contributed by atoms with Crippen molar-refractivity contribution in [3.8, 4) is 22.3 Å². The first-order chi connectivity index (χ1) is 15.3. The average Bonchev–Trinajstić information content (AvgIpc) is 2.83. The quantitative estimate of drug-likeness (QED) is 0.213. The lowest BCUT2D eigenvalue weighted by atomic mass is 9.92. The molecule has 146 valence electrons. The summed E-state index contributed by atoms with van der Waals surface area (Å²) >= 11 is 0. The van der Waals surface area contributed by atoms with Crippen LogP contribution < -0.4 is 0 Å². The summed E-state index contributed by atoms with van der Waals surface area (Å²) in [4.78, 5) is 5.20. The maximum Gasteiger partial charge on any atom is 0.0794 e. The van der Waals surface area contributed by atoms with E-state index in [9.17, 15) is 0 Å². The van der Waals surface area contributed by atoms with Crippen molar-refractivity contribution < 1.29 is 0 Å². The van der Waals surface area contributed by atoms with Gasteiger partial charge in [-0.25, -0.2) is 4.98 Å². The molecule has 0 N–H and O–H groups in total. The van der Waals surface area contributed by atoms with Gasteiger partial charge < -0.3 is 0 Å². The Labute approximate surface area is 181 Å². The van der Waals surface area contributed by atoms with Crippen molar-refractivity contribution in [2.45, 2.75) is 6.92 Å². The molecule has 0 unspecified atom stereocenters. The van der Waals surface area contributed by atoms with Crippen molar-refractivity contribution in [1.82, 2.24) is 4.98 Å². The van der Waals surface area contributed by atoms with E-state index in [-0.39, 0.29) is 0 Å². The van der Waals surface area contributed by atoms with E-state index in [2.05, 4.69) is 116 Å². The first-order valence-electron chi connectivity index (χ1n) is 10.7. The molecule has 0 spiro atoms. The molecular formula is C30H21N. The van der Waals surface area contributed by atoms with Crippen molar-refractivity contribution in [2.75, 3.05) is 0 Å². The van der Waals surface area contributed by atoms with Gasteiger partial charge in [0.2, 0.25) is 0 Å². The molecule has 0 aliphatic heterocycles. The van der Waals surface area contributed by atoms with Gasteiger partial charge in [-0.2, -0.15) is 0 Å². The molecule has 0 saturated carbocycles. The molecule has 0 amide bonds. The molecule has 1 aromatic heterocycles. The topological polar surface area (TPSA) is 12.9 Å². The fourth-order valence-corrected chi connectivity index (χ4v) is 4.52. The van der Waals surface area contributed by atoms with Crippen LogP contribution in [0, 0.1) is 6.92 Å². The Hall–Kier alpha value is -3.97. The monoisotopic (exact) mass is 395 g/mol. The van der Waals surface area contributed by atoms with Gasteiger partial charge in [0, 0.05) is 21.7 Å². The summed E-state index contributed by atoms with van der Waals surface area (Å²) in [6.07, 6.45) is 0. The van der Waals surface area contributed by atoms with Gasteiger partial charge >= 0.3 is 0 Å². The molecule has 6 rings (SSSR count). The second-order valence-corrected chi connectivity index (χ2v) is 8.13. The first kappa shape index (κ1) is 17.9. The minimum atomic E-state index is 1.03. The molecule has 0 bridgehead atoms. The summed E-state index contributed by atoms with van der Waals surface area (Å²) in [6, 6.07) is 39.0. The Kier molecular flexibility index (Phi) is 4.07. The number of aryl methyl sites for hydroxylation is 1. The van der Waals surface area contributed by atoms with Crippen LogP contribution in [0.5, 0.6) is 0 Å². The van der Waals surface area contributed by atoms with E-state index < -0.39 is 0 Å². The molecule has 0 radical (unpaired) electrons. The fourth-order valence-electron chi connectivity index (χ4n) is 4.52. The number of hydrogen-bond acceptors (Lipinski definition) is 1. The van der Waals surface area contributed by atoms with Crippen molar-refractivity contribution >= 4 is 32.6 Å². The highest BCUT2D eigenvalue weighted by molar-refractivity contribution is 6.17. The Morgan fingerprint density at radius 2 is 1.23 bits per heavy atom. The molecule has 5 aromatic carbocycles. The molecule has 1 nitrogen and oxygen atoms in total. The maximum absolute atomic E-state index is 5.20. The number of pyridine rings is 1. The van der Waals surface area contributed by atoms with Crippen molar-refractivity contribution in [3.05, 3.63) is 115 Å². The zero-order valence-corrected chi connectivity index (χ0v) is 17.3. The van der Waals surface area contributed by atoms with Gasteiger partial charge in [0.05, 0.1) is 11.0 Å². The van der Waals surface area contributed by atoms with Crippen LogP contribution in [-0.2, 0) is 0 Å². The SMILES string of the molecule is Cc1ccc(-c2c3ccc(-c4ccccc4)cc3nc3c2ccc2ccccc23)cc1. The second-order valence-electron chi connectivity index (χ2n) is 8.13. The molecule has 0 atom stereocenters. The third-order valence-electron chi connectivity index (χ3n) is 6.12. The van der Waals surface area contributed by atoms with E-state index in [1.807, 2.05) is 0 Å². The largest absolute Gasteiger partial charge is 0.247 e. The minimum Gasteiger partial charge on any atom is -0.247 e. The van der Waals surface area contributed by atoms with Crippen molar-refractivity contribution in [1.29, 1.82) is 0 Å². The van der Waals surface area contributed by atoms with Crippen LogP contribution in [0.2, 0.25) is 0 Å². The molecule has 0 fully saturated rings. The predicted molar refractivity (Wildman–Crippen MR) is 132 cm³/mol. The third-order valence-corrected chi connectivity index (χ3v) is 6.12. The van der Waals surface area contributed by atoms with Crippen LogP contribution in [0.15, 0.2) is 109 Å². The van der Waals surface area contributed by atoms with Gasteiger partial charge in [0.15, 0.2) is 0 Å². The van der Waals surface area contributed by atoms with Gasteiger partial charge in [0.1, 0.15) is 0 Å². The number of hydrogen-bond donors (Lipinski definition) is 0. The van der Waals surface area contributed by atoms with E-state index >= 15 is 0 Å². The normalized spacial score (nSPS) is 11.4. The molecule has 1 heteroatoms. The average molecular weight is 396 g/mol. The third kappa shape index (κ3) is 2.98. The Morgan fingerprint density at radius 3 is 2.06 bits per heavy atom. The number of benzene rings is 5. The van der Waals surface area contributed by atoms with E-state index in [4.69, 9.17) is 4.98 Å². The lowest BCUT2D eigenvalue weighted by Crippen LogP contribution is -1.91. The van der Waals surface area contributed by atoms with E-state index in [1.54, 1.807) is 0 Å². The molecule has 0 saturated heterocycles. The predicted octanol–water partition coefficient (Wildman–Crippen LogP) is 8.18. The lowest BCUT2D eigenvalue weighted by molar-refractivity contribution is 1.47. The van der Waals surface area contributed by atoms with Crippen molar-refractivity contribution in [3.63, 3.8) is 0 Å². The zero-order chi connectivity index (χ0) is 20.8. The molecule has 0 aliphatic carbocycles. The van der Waals surface area contributed by atoms with Crippen LogP contribution in [-0.4, -0.2) is 4.98 Å². The first-order valence-corrected chi connectivity index (χ1v) is 10.7. The summed E-state index contributed by atoms with van der Waals surface area (Å²) in [5.41, 5.74) is 8.24. The van der Waals surface area contributed by atoms with Crippen LogP contribution in [0.1, 0.15) is 5.56 Å². The van der Waals surface area contributed by atoms with E-state index in [0.717, 1.165) is 11.0 Å². The highest BCUT2D eigenvalue weighted by Crippen LogP contribution is 2.38. The maximum atomic E-state index is 5.20. The number of rotatable bonds is 2. The standard InChI is InChI=1S/C30H21N/c1-20-11-13-23(14-12-20)29-26-17-16-24(21-7-3-2-4-8-21)19-28(26)31-30-25-10-6-5-9-22(25)15-18-27(29)30/h2-19H,1H3. The summed E-state index contributed by atoms with van der Waals surface area (Å²) in [6.45, 7) is 2.13. The molecule has 0 aliphatic rings. The minimum absolute atomic E-state index is 1.03. The van der Waals surface area contributed by atoms with Gasteiger partial charge in [0.25, 0.3) is 0 Å². The van der Waals surface area contributed by atoms with Crippen molar-refractivity contribution in [2.24, 2.45) is 0 Å². The summed E-state index contributed by atoms with van der Waals surface area (Å²) in [7, 11) is 0. The van der Waals surface area contributed by atoms with Crippen LogP contribution in [0.25, 0.3) is 54.8 Å². The number of nitrogens with zero attached hydrogens (tertiary/aromatic N) is 1. The summed E-state index contributed by atoms with van der Waals surface area (Å²) < 4.78 is 0. The highest BCUT2D eigenvalue weighted by atomic mass is 14.7. The smallest absolute Gasteiger partial charge is 0.0794 e. The molecule has 6 aromatic rings. The molecule has 1 heterocycles. The zero-order valence-electron chi connectivity index (χ0n) is 17.3. The van der Waals surface area contributed by atoms with Crippen LogP contribution >= 0.6 is 0 Å². The summed E-state index contributed by atoms with van der Waals surface area (Å²) in [5, 5.41) is 4.80. The second kappa shape index (κ2) is 7.07. The van der Waals surface area contributed by atoms with E-state index in [0.29, 0.717) is 0 Å². The van der Waals surface area contributed by atoms with Crippen LogP contribution in [0.4, 0.5) is 0 Å². The Balaban J connectivity index is 1.75. The van der Waals surface area contributed by atoms with E-state index in [1.165, 1.54) is 49.4 Å². The Bertz CT molecular complexity index is 1560. The van der Waals surface area contributed by atoms with Gasteiger partial charge in [-0.1, -0.05) is 109 Å². The lowest BCUT2D eigenvalue weighted by Gasteiger charge is -2.14. The van der Waals surface area contributed by atoms with Gasteiger partial charge in [-0.3, -0.25) is 0 Å². The van der Waals surface area contributed by atoms with Gasteiger partial charge in [-0.05, 0) is 35.1 Å². The Morgan fingerprint density at radius 1 is 0.516 bits per heavy atom. The highest BCUT2D eigenvalue weighted by Gasteiger charge is 2.14. The fraction of sp³-hybridized carbons (Fsp3) is 0.0333.